The fraction of sp³-hybridized carbons (Fsp3) is 0.0526. The Morgan fingerprint density at radius 2 is 1.92 bits per heavy atom. The summed E-state index contributed by atoms with van der Waals surface area (Å²) in [7, 11) is 0. The minimum Gasteiger partial charge on any atom is -0.483 e. The molecule has 0 fully saturated rings. The summed E-state index contributed by atoms with van der Waals surface area (Å²) >= 11 is 6.92. The Labute approximate surface area is 162 Å². The lowest BCUT2D eigenvalue weighted by Gasteiger charge is -2.09. The molecule has 0 saturated carbocycles. The fourth-order valence-electron chi connectivity index (χ4n) is 2.27. The molecular weight excluding hydrogens is 448 g/mol. The molecule has 0 spiro atoms. The van der Waals surface area contributed by atoms with Crippen LogP contribution in [-0.4, -0.2) is 18.7 Å². The van der Waals surface area contributed by atoms with Crippen molar-refractivity contribution in [2.75, 3.05) is 6.61 Å². The van der Waals surface area contributed by atoms with Crippen molar-refractivity contribution < 1.29 is 9.53 Å². The highest BCUT2D eigenvalue weighted by Crippen LogP contribution is 2.32. The molecule has 0 atom stereocenters. The predicted octanol–water partition coefficient (Wildman–Crippen LogP) is 4.89. The van der Waals surface area contributed by atoms with Gasteiger partial charge in [-0.05, 0) is 50.5 Å². The normalized spacial score (nSPS) is 11.0. The lowest BCUT2D eigenvalue weighted by Crippen LogP contribution is -2.24. The highest BCUT2D eigenvalue weighted by molar-refractivity contribution is 9.11. The number of hydrogen-bond donors (Lipinski definition) is 1. The standard InChI is InChI=1S/C19H14Br2N2O2/c20-15-6-3-4-13(10-15)11-22-23-18(24)12-25-17-9-8-14-5-1-2-7-16(14)19(17)21/h1-11H,12H2,(H,23,24). The van der Waals surface area contributed by atoms with Gasteiger partial charge in [-0.3, -0.25) is 4.79 Å². The van der Waals surface area contributed by atoms with E-state index in [1.54, 1.807) is 6.21 Å². The van der Waals surface area contributed by atoms with Crippen LogP contribution in [0.25, 0.3) is 10.8 Å². The third-order valence-electron chi connectivity index (χ3n) is 3.44. The molecule has 0 unspecified atom stereocenters. The molecule has 3 rings (SSSR count). The van der Waals surface area contributed by atoms with Crippen LogP contribution in [0.4, 0.5) is 0 Å². The number of amides is 1. The van der Waals surface area contributed by atoms with Crippen molar-refractivity contribution in [1.29, 1.82) is 0 Å². The highest BCUT2D eigenvalue weighted by Gasteiger charge is 2.08. The molecule has 3 aromatic rings. The van der Waals surface area contributed by atoms with Gasteiger partial charge in [-0.25, -0.2) is 5.43 Å². The molecule has 0 bridgehead atoms. The molecule has 4 nitrogen and oxygen atoms in total. The molecule has 0 aliphatic carbocycles. The highest BCUT2D eigenvalue weighted by atomic mass is 79.9. The summed E-state index contributed by atoms with van der Waals surface area (Å²) in [5, 5.41) is 6.07. The Balaban J connectivity index is 1.58. The number of nitrogens with zero attached hydrogens (tertiary/aromatic N) is 1. The number of ether oxygens (including phenoxy) is 1. The quantitative estimate of drug-likeness (QED) is 0.434. The summed E-state index contributed by atoms with van der Waals surface area (Å²) in [4.78, 5) is 11.9. The van der Waals surface area contributed by atoms with Crippen molar-refractivity contribution in [3.63, 3.8) is 0 Å². The number of fused-ring (bicyclic) bond motifs is 1. The van der Waals surface area contributed by atoms with Crippen LogP contribution in [0.3, 0.4) is 0 Å². The number of rotatable bonds is 5. The Morgan fingerprint density at radius 3 is 2.76 bits per heavy atom. The van der Waals surface area contributed by atoms with Crippen molar-refractivity contribution in [2.45, 2.75) is 0 Å². The van der Waals surface area contributed by atoms with Gasteiger partial charge in [0.25, 0.3) is 5.91 Å². The van der Waals surface area contributed by atoms with Crippen LogP contribution in [0.1, 0.15) is 5.56 Å². The van der Waals surface area contributed by atoms with Crippen LogP contribution in [0.15, 0.2) is 74.7 Å². The molecule has 1 N–H and O–H groups in total. The number of carbonyl (C=O) groups excluding carboxylic acids is 1. The Hall–Kier alpha value is -2.18. The van der Waals surface area contributed by atoms with Gasteiger partial charge in [-0.1, -0.05) is 58.4 Å². The maximum absolute atomic E-state index is 11.9. The van der Waals surface area contributed by atoms with Gasteiger partial charge >= 0.3 is 0 Å². The second kappa shape index (κ2) is 8.27. The van der Waals surface area contributed by atoms with Crippen LogP contribution in [-0.2, 0) is 4.79 Å². The molecule has 0 radical (unpaired) electrons. The van der Waals surface area contributed by atoms with Crippen molar-refractivity contribution >= 4 is 54.8 Å². The number of halogens is 2. The van der Waals surface area contributed by atoms with Crippen LogP contribution < -0.4 is 10.2 Å². The van der Waals surface area contributed by atoms with E-state index in [9.17, 15) is 4.79 Å². The first-order chi connectivity index (χ1) is 12.1. The Bertz CT molecular complexity index is 942. The molecule has 0 heterocycles. The van der Waals surface area contributed by atoms with E-state index < -0.39 is 0 Å². The van der Waals surface area contributed by atoms with Crippen LogP contribution in [0.2, 0.25) is 0 Å². The second-order valence-electron chi connectivity index (χ2n) is 5.24. The molecule has 0 aliphatic heterocycles. The topological polar surface area (TPSA) is 50.7 Å². The molecule has 3 aromatic carbocycles. The molecule has 1 amide bonds. The Kier molecular flexibility index (Phi) is 5.83. The van der Waals surface area contributed by atoms with Crippen LogP contribution >= 0.6 is 31.9 Å². The fourth-order valence-corrected chi connectivity index (χ4v) is 3.29. The van der Waals surface area contributed by atoms with E-state index in [1.165, 1.54) is 0 Å². The van der Waals surface area contributed by atoms with Gasteiger partial charge in [-0.15, -0.1) is 0 Å². The summed E-state index contributed by atoms with van der Waals surface area (Å²) in [5.41, 5.74) is 3.33. The van der Waals surface area contributed by atoms with E-state index in [1.807, 2.05) is 60.7 Å². The number of benzene rings is 3. The maximum Gasteiger partial charge on any atom is 0.277 e. The number of carbonyl (C=O) groups is 1. The van der Waals surface area contributed by atoms with Gasteiger partial charge < -0.3 is 4.74 Å². The molecule has 0 saturated heterocycles. The first-order valence-corrected chi connectivity index (χ1v) is 9.09. The third-order valence-corrected chi connectivity index (χ3v) is 4.75. The average molecular weight is 462 g/mol. The smallest absolute Gasteiger partial charge is 0.277 e. The minimum atomic E-state index is -0.327. The molecule has 25 heavy (non-hydrogen) atoms. The largest absolute Gasteiger partial charge is 0.483 e. The van der Waals surface area contributed by atoms with Crippen molar-refractivity contribution in [1.82, 2.24) is 5.43 Å². The first-order valence-electron chi connectivity index (χ1n) is 7.51. The summed E-state index contributed by atoms with van der Waals surface area (Å²) < 4.78 is 7.37. The van der Waals surface area contributed by atoms with Gasteiger partial charge in [0.2, 0.25) is 0 Å². The number of nitrogens with one attached hydrogen (secondary N) is 1. The minimum absolute atomic E-state index is 0.118. The van der Waals surface area contributed by atoms with E-state index in [0.717, 1.165) is 25.3 Å². The van der Waals surface area contributed by atoms with E-state index in [2.05, 4.69) is 42.4 Å². The molecule has 0 aromatic heterocycles. The Morgan fingerprint density at radius 1 is 1.08 bits per heavy atom. The second-order valence-corrected chi connectivity index (χ2v) is 6.94. The van der Waals surface area contributed by atoms with E-state index >= 15 is 0 Å². The number of hydrogen-bond acceptors (Lipinski definition) is 3. The lowest BCUT2D eigenvalue weighted by molar-refractivity contribution is -0.123. The lowest BCUT2D eigenvalue weighted by atomic mass is 10.1. The van der Waals surface area contributed by atoms with Crippen molar-refractivity contribution in [3.8, 4) is 5.75 Å². The maximum atomic E-state index is 11.9. The zero-order valence-electron chi connectivity index (χ0n) is 13.1. The average Bonchev–Trinajstić information content (AvgIpc) is 2.61. The zero-order chi connectivity index (χ0) is 17.6. The van der Waals surface area contributed by atoms with Crippen LogP contribution in [0, 0.1) is 0 Å². The predicted molar refractivity (Wildman–Crippen MR) is 107 cm³/mol. The monoisotopic (exact) mass is 460 g/mol. The first kappa shape index (κ1) is 17.6. The number of hydrazone groups is 1. The summed E-state index contributed by atoms with van der Waals surface area (Å²) in [5.74, 6) is 0.288. The van der Waals surface area contributed by atoms with Gasteiger partial charge in [0.15, 0.2) is 6.61 Å². The molecular formula is C19H14Br2N2O2. The van der Waals surface area contributed by atoms with Crippen molar-refractivity contribution in [2.24, 2.45) is 5.10 Å². The molecule has 0 aliphatic rings. The zero-order valence-corrected chi connectivity index (χ0v) is 16.2. The van der Waals surface area contributed by atoms with E-state index in [0.29, 0.717) is 5.75 Å². The SMILES string of the molecule is O=C(COc1ccc2ccccc2c1Br)NN=Cc1cccc(Br)c1. The van der Waals surface area contributed by atoms with Gasteiger partial charge in [-0.2, -0.15) is 5.10 Å². The molecule has 6 heteroatoms. The van der Waals surface area contributed by atoms with Crippen LogP contribution in [0.5, 0.6) is 5.75 Å². The molecule has 126 valence electrons. The summed E-state index contributed by atoms with van der Waals surface area (Å²) in [6.07, 6.45) is 1.58. The van der Waals surface area contributed by atoms with E-state index in [-0.39, 0.29) is 12.5 Å². The van der Waals surface area contributed by atoms with Gasteiger partial charge in [0, 0.05) is 4.47 Å². The van der Waals surface area contributed by atoms with Crippen molar-refractivity contribution in [3.05, 3.63) is 75.2 Å². The van der Waals surface area contributed by atoms with E-state index in [4.69, 9.17) is 4.74 Å². The third kappa shape index (κ3) is 4.67. The van der Waals surface area contributed by atoms with Gasteiger partial charge in [0.05, 0.1) is 10.7 Å². The summed E-state index contributed by atoms with van der Waals surface area (Å²) in [6.45, 7) is -0.118. The van der Waals surface area contributed by atoms with Gasteiger partial charge in [0.1, 0.15) is 5.75 Å². The summed E-state index contributed by atoms with van der Waals surface area (Å²) in [6, 6.07) is 19.4.